The van der Waals surface area contributed by atoms with Crippen LogP contribution in [0.1, 0.15) is 32.1 Å². The van der Waals surface area contributed by atoms with Crippen molar-refractivity contribution in [3.05, 3.63) is 0 Å². The Kier molecular flexibility index (Phi) is 2.14. The molecule has 0 bridgehead atoms. The van der Waals surface area contributed by atoms with Crippen molar-refractivity contribution in [2.45, 2.75) is 38.3 Å². The molecule has 6 heteroatoms. The third-order valence-corrected chi connectivity index (χ3v) is 3.94. The van der Waals surface area contributed by atoms with Crippen LogP contribution in [0.2, 0.25) is 0 Å². The number of hydrogen-bond donors (Lipinski definition) is 1. The molecule has 0 radical (unpaired) electrons. The van der Waals surface area contributed by atoms with Crippen LogP contribution in [0, 0.1) is 5.41 Å². The number of hydrogen-bond acceptors (Lipinski definition) is 4. The molecule has 0 aromatic rings. The summed E-state index contributed by atoms with van der Waals surface area (Å²) in [5, 5.41) is 2.46. The van der Waals surface area contributed by atoms with Crippen molar-refractivity contribution in [3.63, 3.8) is 0 Å². The fourth-order valence-electron chi connectivity index (χ4n) is 3.07. The highest BCUT2D eigenvalue weighted by Crippen LogP contribution is 2.47. The van der Waals surface area contributed by atoms with Crippen LogP contribution in [0.15, 0.2) is 0 Å². The van der Waals surface area contributed by atoms with Crippen molar-refractivity contribution >= 4 is 17.9 Å². The molecule has 2 aliphatic heterocycles. The lowest BCUT2D eigenvalue weighted by molar-refractivity contribution is -0.149. The van der Waals surface area contributed by atoms with Crippen molar-refractivity contribution in [3.8, 4) is 0 Å². The number of nitrogens with zero attached hydrogens (tertiary/aromatic N) is 1. The van der Waals surface area contributed by atoms with E-state index in [0.717, 1.165) is 30.6 Å². The van der Waals surface area contributed by atoms with E-state index in [2.05, 4.69) is 5.32 Å². The zero-order chi connectivity index (χ0) is 12.0. The van der Waals surface area contributed by atoms with Crippen LogP contribution in [0.25, 0.3) is 0 Å². The molecule has 6 nitrogen and oxygen atoms in total. The van der Waals surface area contributed by atoms with Crippen molar-refractivity contribution in [2.75, 3.05) is 6.54 Å². The van der Waals surface area contributed by atoms with E-state index in [1.165, 1.54) is 0 Å². The standard InChI is InChI=1S/C11H14N2O4/c14-7-5-11(3-1-2-4-11)9(15)13(7)8-6-12-10(16)17-8/h8H,1-6H2,(H,12,16). The molecule has 3 aliphatic rings. The van der Waals surface area contributed by atoms with Gasteiger partial charge < -0.3 is 10.1 Å². The van der Waals surface area contributed by atoms with E-state index < -0.39 is 17.7 Å². The molecule has 1 N–H and O–H groups in total. The number of likely N-dealkylation sites (tertiary alicyclic amines) is 1. The number of nitrogens with one attached hydrogen (secondary N) is 1. The van der Waals surface area contributed by atoms with Crippen LogP contribution in [0.5, 0.6) is 0 Å². The maximum atomic E-state index is 12.3. The Morgan fingerprint density at radius 2 is 1.94 bits per heavy atom. The van der Waals surface area contributed by atoms with E-state index in [-0.39, 0.29) is 24.8 Å². The van der Waals surface area contributed by atoms with Gasteiger partial charge in [0.05, 0.1) is 12.0 Å². The van der Waals surface area contributed by atoms with E-state index in [0.29, 0.717) is 0 Å². The smallest absolute Gasteiger partial charge is 0.409 e. The largest absolute Gasteiger partial charge is 0.423 e. The van der Waals surface area contributed by atoms with Gasteiger partial charge in [-0.15, -0.1) is 0 Å². The number of alkyl carbamates (subject to hydrolysis) is 1. The molecular weight excluding hydrogens is 224 g/mol. The molecule has 0 aromatic heterocycles. The molecule has 2 heterocycles. The summed E-state index contributed by atoms with van der Waals surface area (Å²) >= 11 is 0. The number of ether oxygens (including phenoxy) is 1. The van der Waals surface area contributed by atoms with Gasteiger partial charge in [0.25, 0.3) is 0 Å². The van der Waals surface area contributed by atoms with Gasteiger partial charge in [-0.05, 0) is 12.8 Å². The fourth-order valence-corrected chi connectivity index (χ4v) is 3.07. The first-order chi connectivity index (χ1) is 8.12. The summed E-state index contributed by atoms with van der Waals surface area (Å²) in [7, 11) is 0. The van der Waals surface area contributed by atoms with Crippen LogP contribution < -0.4 is 5.32 Å². The Hall–Kier alpha value is -1.59. The van der Waals surface area contributed by atoms with Crippen molar-refractivity contribution in [1.29, 1.82) is 0 Å². The first-order valence-electron chi connectivity index (χ1n) is 5.93. The van der Waals surface area contributed by atoms with Gasteiger partial charge in [0.15, 0.2) is 0 Å². The summed E-state index contributed by atoms with van der Waals surface area (Å²) in [5.41, 5.74) is -0.494. The molecule has 2 saturated heterocycles. The summed E-state index contributed by atoms with van der Waals surface area (Å²) in [5.74, 6) is -0.361. The van der Waals surface area contributed by atoms with Gasteiger partial charge in [-0.1, -0.05) is 12.8 Å². The molecule has 0 aromatic carbocycles. The van der Waals surface area contributed by atoms with Crippen LogP contribution in [0.3, 0.4) is 0 Å². The van der Waals surface area contributed by atoms with Gasteiger partial charge >= 0.3 is 6.09 Å². The molecule has 17 heavy (non-hydrogen) atoms. The van der Waals surface area contributed by atoms with E-state index >= 15 is 0 Å². The molecule has 1 spiro atoms. The quantitative estimate of drug-likeness (QED) is 0.670. The normalized spacial score (nSPS) is 31.2. The van der Waals surface area contributed by atoms with Crippen LogP contribution >= 0.6 is 0 Å². The highest BCUT2D eigenvalue weighted by Gasteiger charge is 2.55. The molecule has 92 valence electrons. The van der Waals surface area contributed by atoms with E-state index in [9.17, 15) is 14.4 Å². The number of carbonyl (C=O) groups excluding carboxylic acids is 3. The average Bonchev–Trinajstić information content (AvgIpc) is 2.93. The second-order valence-electron chi connectivity index (χ2n) is 4.97. The van der Waals surface area contributed by atoms with Gasteiger partial charge in [0.2, 0.25) is 18.0 Å². The number of carbonyl (C=O) groups is 3. The Labute approximate surface area is 98.3 Å². The maximum absolute atomic E-state index is 12.3. The van der Waals surface area contributed by atoms with Crippen LogP contribution in [-0.4, -0.2) is 35.6 Å². The molecule has 1 saturated carbocycles. The van der Waals surface area contributed by atoms with E-state index in [4.69, 9.17) is 4.74 Å². The summed E-state index contributed by atoms with van der Waals surface area (Å²) in [6, 6.07) is 0. The fraction of sp³-hybridized carbons (Fsp3) is 0.727. The highest BCUT2D eigenvalue weighted by molar-refractivity contribution is 6.06. The zero-order valence-corrected chi connectivity index (χ0v) is 9.40. The Balaban J connectivity index is 1.84. The molecular formula is C11H14N2O4. The Morgan fingerprint density at radius 1 is 1.24 bits per heavy atom. The second-order valence-corrected chi connectivity index (χ2v) is 4.97. The summed E-state index contributed by atoms with van der Waals surface area (Å²) in [4.78, 5) is 36.3. The summed E-state index contributed by atoms with van der Waals surface area (Å²) in [6.45, 7) is 0.201. The maximum Gasteiger partial charge on any atom is 0.409 e. The lowest BCUT2D eigenvalue weighted by atomic mass is 9.84. The average molecular weight is 238 g/mol. The second kappa shape index (κ2) is 3.45. The highest BCUT2D eigenvalue weighted by atomic mass is 16.6. The molecule has 3 amide bonds. The lowest BCUT2D eigenvalue weighted by Crippen LogP contribution is -2.44. The zero-order valence-electron chi connectivity index (χ0n) is 9.40. The third kappa shape index (κ3) is 1.43. The third-order valence-electron chi connectivity index (χ3n) is 3.94. The van der Waals surface area contributed by atoms with Crippen LogP contribution in [0.4, 0.5) is 4.79 Å². The van der Waals surface area contributed by atoms with E-state index in [1.54, 1.807) is 0 Å². The summed E-state index contributed by atoms with van der Waals surface area (Å²) in [6.07, 6.45) is 2.51. The SMILES string of the molecule is O=C1NCC(N2C(=O)CC3(CCCC3)C2=O)O1. The first-order valence-corrected chi connectivity index (χ1v) is 5.93. The topological polar surface area (TPSA) is 75.7 Å². The molecule has 3 rings (SSSR count). The Morgan fingerprint density at radius 3 is 2.53 bits per heavy atom. The summed E-state index contributed by atoms with van der Waals surface area (Å²) < 4.78 is 4.92. The van der Waals surface area contributed by atoms with Crippen molar-refractivity contribution in [1.82, 2.24) is 10.2 Å². The Bertz CT molecular complexity index is 400. The minimum absolute atomic E-state index is 0.151. The van der Waals surface area contributed by atoms with Gasteiger partial charge in [-0.3, -0.25) is 9.59 Å². The predicted octanol–water partition coefficient (Wildman–Crippen LogP) is 0.372. The minimum Gasteiger partial charge on any atom is -0.423 e. The first kappa shape index (κ1) is 10.6. The number of rotatable bonds is 1. The molecule has 1 aliphatic carbocycles. The number of amides is 3. The monoisotopic (exact) mass is 238 g/mol. The molecule has 1 unspecified atom stereocenters. The number of cyclic esters (lactones) is 1. The molecule has 1 atom stereocenters. The van der Waals surface area contributed by atoms with Gasteiger partial charge in [-0.25, -0.2) is 9.69 Å². The van der Waals surface area contributed by atoms with Crippen LogP contribution in [-0.2, 0) is 14.3 Å². The van der Waals surface area contributed by atoms with Gasteiger partial charge in [-0.2, -0.15) is 0 Å². The van der Waals surface area contributed by atoms with Crippen molar-refractivity contribution in [2.24, 2.45) is 5.41 Å². The minimum atomic E-state index is -0.748. The van der Waals surface area contributed by atoms with Gasteiger partial charge in [0, 0.05) is 6.42 Å². The number of imide groups is 1. The van der Waals surface area contributed by atoms with Crippen molar-refractivity contribution < 1.29 is 19.1 Å². The lowest BCUT2D eigenvalue weighted by Gasteiger charge is -2.23. The molecule has 3 fully saturated rings. The van der Waals surface area contributed by atoms with E-state index in [1.807, 2.05) is 0 Å². The van der Waals surface area contributed by atoms with Gasteiger partial charge in [0.1, 0.15) is 0 Å². The predicted molar refractivity (Wildman–Crippen MR) is 55.6 cm³/mol.